The molecule has 1 N–H and O–H groups in total. The van der Waals surface area contributed by atoms with Crippen LogP contribution in [0, 0.1) is 11.3 Å². The predicted molar refractivity (Wildman–Crippen MR) is 71.0 cm³/mol. The standard InChI is InChI=1S/C12H9Cl2N3O2/c1-6(18)16-10-9-7(13)2-3-8(14)11(9)17(5-4-15)12(10)19/h2-3,10H,5H2,1H3,(H,16,18). The molecule has 1 aliphatic rings. The van der Waals surface area contributed by atoms with Crippen LogP contribution in [-0.4, -0.2) is 18.4 Å². The lowest BCUT2D eigenvalue weighted by atomic mass is 10.1. The van der Waals surface area contributed by atoms with Gasteiger partial charge in [-0.15, -0.1) is 0 Å². The molecule has 1 unspecified atom stereocenters. The maximum absolute atomic E-state index is 12.2. The van der Waals surface area contributed by atoms with E-state index >= 15 is 0 Å². The zero-order valence-electron chi connectivity index (χ0n) is 9.91. The van der Waals surface area contributed by atoms with Crippen LogP contribution in [0.2, 0.25) is 10.0 Å². The van der Waals surface area contributed by atoms with Crippen LogP contribution in [0.15, 0.2) is 12.1 Å². The number of anilines is 1. The molecule has 1 atom stereocenters. The molecule has 7 heteroatoms. The molecule has 0 saturated carbocycles. The number of carbonyl (C=O) groups is 2. The predicted octanol–water partition coefficient (Wildman–Crippen LogP) is 2.04. The topological polar surface area (TPSA) is 73.2 Å². The minimum Gasteiger partial charge on any atom is -0.341 e. The van der Waals surface area contributed by atoms with Crippen molar-refractivity contribution in [3.63, 3.8) is 0 Å². The molecule has 0 spiro atoms. The Morgan fingerprint density at radius 3 is 2.68 bits per heavy atom. The summed E-state index contributed by atoms with van der Waals surface area (Å²) in [5.74, 6) is -0.777. The summed E-state index contributed by atoms with van der Waals surface area (Å²) in [5, 5.41) is 12.0. The van der Waals surface area contributed by atoms with Crippen LogP contribution < -0.4 is 10.2 Å². The molecule has 2 rings (SSSR count). The normalized spacial score (nSPS) is 17.1. The Bertz CT molecular complexity index is 610. The van der Waals surface area contributed by atoms with E-state index in [1.54, 1.807) is 12.1 Å². The quantitative estimate of drug-likeness (QED) is 0.849. The number of fused-ring (bicyclic) bond motifs is 1. The van der Waals surface area contributed by atoms with Crippen molar-refractivity contribution in [2.24, 2.45) is 0 Å². The summed E-state index contributed by atoms with van der Waals surface area (Å²) < 4.78 is 0. The van der Waals surface area contributed by atoms with Crippen LogP contribution in [0.4, 0.5) is 5.69 Å². The fourth-order valence-electron chi connectivity index (χ4n) is 2.06. The first-order valence-corrected chi connectivity index (χ1v) is 6.16. The maximum Gasteiger partial charge on any atom is 0.255 e. The molecule has 98 valence electrons. The Kier molecular flexibility index (Phi) is 3.65. The van der Waals surface area contributed by atoms with Crippen molar-refractivity contribution in [2.45, 2.75) is 13.0 Å². The molecular formula is C12H9Cl2N3O2. The molecule has 0 fully saturated rings. The zero-order chi connectivity index (χ0) is 14.2. The lowest BCUT2D eigenvalue weighted by Gasteiger charge is -2.14. The number of benzene rings is 1. The first-order valence-electron chi connectivity index (χ1n) is 5.40. The highest BCUT2D eigenvalue weighted by atomic mass is 35.5. The van der Waals surface area contributed by atoms with Crippen molar-refractivity contribution in [3.8, 4) is 6.07 Å². The fraction of sp³-hybridized carbons (Fsp3) is 0.250. The number of halogens is 2. The molecule has 1 aromatic rings. The molecule has 0 aromatic heterocycles. The minimum atomic E-state index is -0.896. The average Bonchev–Trinajstić information content (AvgIpc) is 2.60. The summed E-state index contributed by atoms with van der Waals surface area (Å²) in [5.41, 5.74) is 0.823. The van der Waals surface area contributed by atoms with Crippen LogP contribution in [0.25, 0.3) is 0 Å². The Morgan fingerprint density at radius 1 is 1.47 bits per heavy atom. The summed E-state index contributed by atoms with van der Waals surface area (Å²) in [4.78, 5) is 24.7. The molecule has 1 heterocycles. The largest absolute Gasteiger partial charge is 0.341 e. The first-order chi connectivity index (χ1) is 8.97. The third-order valence-electron chi connectivity index (χ3n) is 2.76. The zero-order valence-corrected chi connectivity index (χ0v) is 11.4. The molecule has 0 bridgehead atoms. The number of nitrogens with zero attached hydrogens (tertiary/aromatic N) is 2. The second-order valence-corrected chi connectivity index (χ2v) is 4.82. The van der Waals surface area contributed by atoms with Gasteiger partial charge in [0.25, 0.3) is 5.91 Å². The molecule has 0 radical (unpaired) electrons. The second-order valence-electron chi connectivity index (χ2n) is 4.01. The maximum atomic E-state index is 12.2. The van der Waals surface area contributed by atoms with Crippen molar-refractivity contribution in [3.05, 3.63) is 27.7 Å². The third kappa shape index (κ3) is 2.25. The van der Waals surface area contributed by atoms with Crippen LogP contribution in [0.1, 0.15) is 18.5 Å². The highest BCUT2D eigenvalue weighted by Crippen LogP contribution is 2.44. The Hall–Kier alpha value is -1.77. The van der Waals surface area contributed by atoms with Crippen molar-refractivity contribution < 1.29 is 9.59 Å². The second kappa shape index (κ2) is 5.08. The highest BCUT2D eigenvalue weighted by molar-refractivity contribution is 6.38. The third-order valence-corrected chi connectivity index (χ3v) is 3.40. The van der Waals surface area contributed by atoms with Gasteiger partial charge in [-0.1, -0.05) is 23.2 Å². The van der Waals surface area contributed by atoms with Gasteiger partial charge in [-0.2, -0.15) is 5.26 Å². The van der Waals surface area contributed by atoms with Gasteiger partial charge in [0, 0.05) is 17.5 Å². The molecule has 19 heavy (non-hydrogen) atoms. The van der Waals surface area contributed by atoms with Crippen LogP contribution >= 0.6 is 23.2 Å². The van der Waals surface area contributed by atoms with Gasteiger partial charge in [-0.25, -0.2) is 0 Å². The van der Waals surface area contributed by atoms with E-state index in [1.165, 1.54) is 11.8 Å². The number of carbonyl (C=O) groups excluding carboxylic acids is 2. The summed E-state index contributed by atoms with van der Waals surface area (Å²) in [6, 6.07) is 4.10. The molecule has 2 amide bonds. The van der Waals surface area contributed by atoms with Gasteiger partial charge in [-0.3, -0.25) is 14.5 Å². The number of rotatable bonds is 2. The minimum absolute atomic E-state index is 0.151. The van der Waals surface area contributed by atoms with Crippen molar-refractivity contribution >= 4 is 40.7 Å². The lowest BCUT2D eigenvalue weighted by Crippen LogP contribution is -2.36. The Morgan fingerprint density at radius 2 is 2.11 bits per heavy atom. The van der Waals surface area contributed by atoms with E-state index in [9.17, 15) is 9.59 Å². The number of nitrogens with one attached hydrogen (secondary N) is 1. The Balaban J connectivity index is 2.60. The smallest absolute Gasteiger partial charge is 0.255 e. The summed E-state index contributed by atoms with van der Waals surface area (Å²) in [6.07, 6.45) is 0. The van der Waals surface area contributed by atoms with E-state index in [4.69, 9.17) is 28.5 Å². The molecule has 1 aliphatic heterocycles. The van der Waals surface area contributed by atoms with Crippen molar-refractivity contribution in [1.82, 2.24) is 5.32 Å². The van der Waals surface area contributed by atoms with E-state index < -0.39 is 11.9 Å². The average molecular weight is 298 g/mol. The van der Waals surface area contributed by atoms with E-state index in [2.05, 4.69) is 5.32 Å². The molecular weight excluding hydrogens is 289 g/mol. The molecule has 0 saturated heterocycles. The van der Waals surface area contributed by atoms with Crippen molar-refractivity contribution in [2.75, 3.05) is 11.4 Å². The first kappa shape index (κ1) is 13.7. The van der Waals surface area contributed by atoms with E-state index in [1.807, 2.05) is 6.07 Å². The Labute approximate surface area is 119 Å². The van der Waals surface area contributed by atoms with E-state index in [0.717, 1.165) is 0 Å². The van der Waals surface area contributed by atoms with Gasteiger partial charge in [0.1, 0.15) is 12.6 Å². The summed E-state index contributed by atoms with van der Waals surface area (Å²) in [6.45, 7) is 1.15. The van der Waals surface area contributed by atoms with Crippen LogP contribution in [-0.2, 0) is 9.59 Å². The number of amides is 2. The summed E-state index contributed by atoms with van der Waals surface area (Å²) in [7, 11) is 0. The van der Waals surface area contributed by atoms with Gasteiger partial charge in [0.15, 0.2) is 0 Å². The highest BCUT2D eigenvalue weighted by Gasteiger charge is 2.40. The number of hydrogen-bond donors (Lipinski definition) is 1. The number of nitriles is 1. The van der Waals surface area contributed by atoms with Gasteiger partial charge in [0.05, 0.1) is 16.8 Å². The van der Waals surface area contributed by atoms with E-state index in [-0.39, 0.29) is 12.5 Å². The molecule has 5 nitrogen and oxygen atoms in total. The van der Waals surface area contributed by atoms with Gasteiger partial charge >= 0.3 is 0 Å². The van der Waals surface area contributed by atoms with Crippen molar-refractivity contribution in [1.29, 1.82) is 5.26 Å². The van der Waals surface area contributed by atoms with Gasteiger partial charge < -0.3 is 5.32 Å². The number of hydrogen-bond acceptors (Lipinski definition) is 3. The SMILES string of the molecule is CC(=O)NC1C(=O)N(CC#N)c2c(Cl)ccc(Cl)c21. The monoisotopic (exact) mass is 297 g/mol. The summed E-state index contributed by atoms with van der Waals surface area (Å²) >= 11 is 12.1. The van der Waals surface area contributed by atoms with Gasteiger partial charge in [0.2, 0.25) is 5.91 Å². The van der Waals surface area contributed by atoms with Crippen LogP contribution in [0.3, 0.4) is 0 Å². The fourth-order valence-corrected chi connectivity index (χ4v) is 2.59. The van der Waals surface area contributed by atoms with Crippen LogP contribution in [0.5, 0.6) is 0 Å². The van der Waals surface area contributed by atoms with E-state index in [0.29, 0.717) is 21.3 Å². The lowest BCUT2D eigenvalue weighted by molar-refractivity contribution is -0.126. The molecule has 0 aliphatic carbocycles. The van der Waals surface area contributed by atoms with Gasteiger partial charge in [-0.05, 0) is 12.1 Å². The molecule has 1 aromatic carbocycles.